The van der Waals surface area contributed by atoms with Crippen LogP contribution in [0.25, 0.3) is 24.6 Å². The van der Waals surface area contributed by atoms with E-state index in [0.717, 1.165) is 46.3 Å². The first kappa shape index (κ1) is 42.2. The Morgan fingerprint density at radius 3 is 1.48 bits per heavy atom. The van der Waals surface area contributed by atoms with Crippen LogP contribution in [-0.2, 0) is 9.84 Å². The van der Waals surface area contributed by atoms with Gasteiger partial charge in [0.15, 0.2) is 43.7 Å². The maximum absolute atomic E-state index is 12.7. The van der Waals surface area contributed by atoms with Crippen molar-refractivity contribution in [3.63, 3.8) is 0 Å². The summed E-state index contributed by atoms with van der Waals surface area (Å²) in [5.41, 5.74) is 4.43. The fourth-order valence-corrected chi connectivity index (χ4v) is 8.86. The van der Waals surface area contributed by atoms with Gasteiger partial charge < -0.3 is 28.1 Å². The van der Waals surface area contributed by atoms with E-state index >= 15 is 0 Å². The molecule has 0 N–H and O–H groups in total. The van der Waals surface area contributed by atoms with Gasteiger partial charge in [-0.25, -0.2) is 8.42 Å². The molecule has 4 heterocycles. The summed E-state index contributed by atoms with van der Waals surface area (Å²) in [5.74, 6) is 1.95. The fourth-order valence-electron chi connectivity index (χ4n) is 6.18. The molecule has 2 atom stereocenters. The maximum Gasteiger partial charge on any atom is 0.387 e. The van der Waals surface area contributed by atoms with Gasteiger partial charge in [-0.15, -0.1) is 0 Å². The minimum Gasteiger partial charge on any atom is -0.486 e. The summed E-state index contributed by atoms with van der Waals surface area (Å²) < 4.78 is 98.5. The molecule has 2 aliphatic rings. The van der Waals surface area contributed by atoms with Gasteiger partial charge in [0.05, 0.1) is 11.5 Å². The number of alkyl halides is 4. The van der Waals surface area contributed by atoms with Crippen LogP contribution < -0.4 is 29.8 Å². The van der Waals surface area contributed by atoms with Crippen molar-refractivity contribution in [2.24, 2.45) is 0 Å². The number of aromatic nitrogens is 2. The second kappa shape index (κ2) is 18.8. The molecule has 0 aliphatic carbocycles. The van der Waals surface area contributed by atoms with E-state index in [-0.39, 0.29) is 45.7 Å². The number of sulfone groups is 1. The quantitative estimate of drug-likeness (QED) is 0.132. The van der Waals surface area contributed by atoms with Crippen LogP contribution in [0.4, 0.5) is 17.6 Å². The number of benzene rings is 2. The summed E-state index contributed by atoms with van der Waals surface area (Å²) in [4.78, 5) is 23.1. The zero-order valence-electron chi connectivity index (χ0n) is 31.1. The number of halogens is 4. The topological polar surface area (TPSA) is 115 Å². The third-order valence-electron chi connectivity index (χ3n) is 8.79. The van der Waals surface area contributed by atoms with Crippen LogP contribution in [0.1, 0.15) is 46.7 Å². The lowest BCUT2D eigenvalue weighted by atomic mass is 10.2. The molecule has 2 saturated heterocycles. The first-order valence-electron chi connectivity index (χ1n) is 17.6. The predicted octanol–water partition coefficient (Wildman–Crippen LogP) is 7.84. The van der Waals surface area contributed by atoms with Crippen molar-refractivity contribution in [2.45, 2.75) is 66.0 Å². The standard InChI is InChI=1S/C20H21F2NO5S.C20H21F2NO3S/c1-13-9-16(24)10-14(2)23(13)7-5-15-3-4-18(28-20(21)22)19(11-15)27-17-6-8-29(25,26)12-17;1-13-9-16(24)10-14(2)23(13)7-5-15-3-4-18(26-20(21)22)19(11-15)25-17-6-8-27-12-17/h3-5,7,9-11,17,20H,6,8,12H2,1-2H3;3-5,7,9-11,17,20H,6,8,12H2,1-2H3/b2*7-5+/t2*17-/m00/s1. The number of thioether (sulfide) groups is 1. The highest BCUT2D eigenvalue weighted by Gasteiger charge is 2.30. The van der Waals surface area contributed by atoms with E-state index in [1.807, 2.05) is 35.3 Å². The van der Waals surface area contributed by atoms with Gasteiger partial charge in [0.1, 0.15) is 12.2 Å². The Hall–Kier alpha value is -4.96. The molecule has 2 aliphatic heterocycles. The highest BCUT2D eigenvalue weighted by Crippen LogP contribution is 2.35. The number of nitrogens with zero attached hydrogens (tertiary/aromatic N) is 2. The monoisotopic (exact) mass is 818 g/mol. The van der Waals surface area contributed by atoms with E-state index in [1.54, 1.807) is 68.2 Å². The zero-order chi connectivity index (χ0) is 40.6. The first-order chi connectivity index (χ1) is 26.5. The Kier molecular flexibility index (Phi) is 14.2. The summed E-state index contributed by atoms with van der Waals surface area (Å²) in [6, 6.07) is 15.5. The average molecular weight is 819 g/mol. The molecule has 2 aromatic carbocycles. The van der Waals surface area contributed by atoms with Crippen LogP contribution in [0.2, 0.25) is 0 Å². The second-order valence-electron chi connectivity index (χ2n) is 13.2. The van der Waals surface area contributed by atoms with Crippen LogP contribution >= 0.6 is 11.8 Å². The molecule has 4 aromatic rings. The first-order valence-corrected chi connectivity index (χ1v) is 20.6. The fraction of sp³-hybridized carbons (Fsp3) is 0.350. The molecule has 10 nitrogen and oxygen atoms in total. The highest BCUT2D eigenvalue weighted by atomic mass is 32.2. The Morgan fingerprint density at radius 2 is 1.11 bits per heavy atom. The van der Waals surface area contributed by atoms with Crippen LogP contribution in [0, 0.1) is 27.7 Å². The molecule has 6 rings (SSSR count). The van der Waals surface area contributed by atoms with Crippen LogP contribution in [0.3, 0.4) is 0 Å². The van der Waals surface area contributed by atoms with Gasteiger partial charge in [0.2, 0.25) is 0 Å². The lowest BCUT2D eigenvalue weighted by molar-refractivity contribution is -0.0525. The molecule has 0 amide bonds. The number of rotatable bonds is 12. The van der Waals surface area contributed by atoms with Crippen molar-refractivity contribution in [1.29, 1.82) is 0 Å². The Bertz CT molecular complexity index is 2250. The van der Waals surface area contributed by atoms with Crippen molar-refractivity contribution in [2.75, 3.05) is 23.0 Å². The molecule has 0 radical (unpaired) electrons. The summed E-state index contributed by atoms with van der Waals surface area (Å²) in [7, 11) is -3.18. The van der Waals surface area contributed by atoms with Crippen LogP contribution in [0.5, 0.6) is 23.0 Å². The molecule has 0 bridgehead atoms. The number of hydrogen-bond donors (Lipinski definition) is 0. The third-order valence-corrected chi connectivity index (χ3v) is 11.7. The predicted molar refractivity (Wildman–Crippen MR) is 211 cm³/mol. The minimum absolute atomic E-state index is 0.00212. The van der Waals surface area contributed by atoms with Crippen molar-refractivity contribution in [1.82, 2.24) is 9.13 Å². The van der Waals surface area contributed by atoms with Crippen LogP contribution in [0.15, 0.2) is 70.3 Å². The van der Waals surface area contributed by atoms with Gasteiger partial charge in [-0.3, -0.25) is 9.59 Å². The Labute approximate surface area is 326 Å². The third kappa shape index (κ3) is 12.0. The molecule has 0 spiro atoms. The summed E-state index contributed by atoms with van der Waals surface area (Å²) in [6.45, 7) is 1.37. The normalized spacial score (nSPS) is 17.8. The second-order valence-corrected chi connectivity index (χ2v) is 16.6. The van der Waals surface area contributed by atoms with Crippen molar-refractivity contribution in [3.05, 3.63) is 115 Å². The average Bonchev–Trinajstić information content (AvgIpc) is 3.74. The van der Waals surface area contributed by atoms with E-state index in [2.05, 4.69) is 9.47 Å². The van der Waals surface area contributed by atoms with E-state index in [1.165, 1.54) is 30.3 Å². The van der Waals surface area contributed by atoms with Crippen LogP contribution in [-0.4, -0.2) is 66.0 Å². The van der Waals surface area contributed by atoms with Crippen molar-refractivity contribution in [3.8, 4) is 23.0 Å². The molecule has 2 fully saturated rings. The molecule has 0 saturated carbocycles. The Morgan fingerprint density at radius 1 is 0.661 bits per heavy atom. The SMILES string of the molecule is Cc1cc(=O)cc(C)n1/C=C/c1ccc(OC(F)F)c(O[C@H]2CCS(=O)(=O)C2)c1.Cc1cc(=O)cc(C)n1/C=C/c1ccc(OC(F)F)c(O[C@H]2CCSC2)c1. The molecule has 0 unspecified atom stereocenters. The van der Waals surface area contributed by atoms with E-state index in [4.69, 9.17) is 9.47 Å². The van der Waals surface area contributed by atoms with Gasteiger partial charge in [-0.2, -0.15) is 29.3 Å². The van der Waals surface area contributed by atoms with E-state index < -0.39 is 29.2 Å². The minimum atomic E-state index is -3.18. The van der Waals surface area contributed by atoms with Gasteiger partial charge in [-0.1, -0.05) is 12.1 Å². The molecule has 2 aromatic heterocycles. The molecular weight excluding hydrogens is 777 g/mol. The van der Waals surface area contributed by atoms with Crippen molar-refractivity contribution >= 4 is 46.2 Å². The lowest BCUT2D eigenvalue weighted by Gasteiger charge is -2.17. The van der Waals surface area contributed by atoms with Gasteiger partial charge in [0, 0.05) is 65.2 Å². The molecule has 300 valence electrons. The Balaban J connectivity index is 0.000000215. The molecule has 56 heavy (non-hydrogen) atoms. The number of hydrogen-bond acceptors (Lipinski definition) is 9. The maximum atomic E-state index is 12.7. The number of ether oxygens (including phenoxy) is 4. The summed E-state index contributed by atoms with van der Waals surface area (Å²) in [5, 5.41) is 0. The molecule has 16 heteroatoms. The number of pyridine rings is 2. The smallest absolute Gasteiger partial charge is 0.387 e. The van der Waals surface area contributed by atoms with Gasteiger partial charge in [-0.05, 0) is 93.8 Å². The number of aryl methyl sites for hydroxylation is 4. The summed E-state index contributed by atoms with van der Waals surface area (Å²) in [6.07, 6.45) is 7.72. The zero-order valence-corrected chi connectivity index (χ0v) is 32.8. The highest BCUT2D eigenvalue weighted by molar-refractivity contribution is 7.99. The molecular formula is C40H42F4N2O8S2. The van der Waals surface area contributed by atoms with E-state index in [9.17, 15) is 35.6 Å². The van der Waals surface area contributed by atoms with E-state index in [0.29, 0.717) is 17.7 Å². The van der Waals surface area contributed by atoms with Crippen molar-refractivity contribution < 1.29 is 44.9 Å². The van der Waals surface area contributed by atoms with Gasteiger partial charge in [0.25, 0.3) is 0 Å². The lowest BCUT2D eigenvalue weighted by Crippen LogP contribution is -2.18. The summed E-state index contributed by atoms with van der Waals surface area (Å²) >= 11 is 1.78. The largest absolute Gasteiger partial charge is 0.486 e. The van der Waals surface area contributed by atoms with Gasteiger partial charge >= 0.3 is 13.2 Å².